The van der Waals surface area contributed by atoms with Crippen LogP contribution in [0.25, 0.3) is 0 Å². The van der Waals surface area contributed by atoms with Crippen LogP contribution in [0.3, 0.4) is 0 Å². The Kier molecular flexibility index (Phi) is 6.06. The van der Waals surface area contributed by atoms with Crippen molar-refractivity contribution in [1.82, 2.24) is 20.2 Å². The highest BCUT2D eigenvalue weighted by molar-refractivity contribution is 6.07. The third-order valence-electron chi connectivity index (χ3n) is 8.54. The van der Waals surface area contributed by atoms with Crippen molar-refractivity contribution in [1.29, 1.82) is 0 Å². The van der Waals surface area contributed by atoms with Crippen molar-refractivity contribution in [3.8, 4) is 0 Å². The lowest BCUT2D eigenvalue weighted by Gasteiger charge is -2.62. The molecule has 37 heavy (non-hydrogen) atoms. The van der Waals surface area contributed by atoms with Crippen LogP contribution >= 0.6 is 0 Å². The van der Waals surface area contributed by atoms with E-state index in [1.165, 1.54) is 18.8 Å². The normalized spacial score (nSPS) is 23.4. The van der Waals surface area contributed by atoms with Gasteiger partial charge < -0.3 is 15.1 Å². The SMILES string of the molecule is Cc1cnc(Nc2ccc(N3CC4(C3)CN(C(C)C)C4)cc2)nc1N(C1CCCC1)C1CC(=O)NC1=O. The Bertz CT molecular complexity index is 1180. The largest absolute Gasteiger partial charge is 0.370 e. The van der Waals surface area contributed by atoms with E-state index in [1.807, 2.05) is 6.92 Å². The molecule has 1 saturated carbocycles. The summed E-state index contributed by atoms with van der Waals surface area (Å²) in [4.78, 5) is 41.1. The summed E-state index contributed by atoms with van der Waals surface area (Å²) < 4.78 is 0. The van der Waals surface area contributed by atoms with Crippen molar-refractivity contribution in [3.05, 3.63) is 36.0 Å². The lowest BCUT2D eigenvalue weighted by molar-refractivity contribution is -0.125. The quantitative estimate of drug-likeness (QED) is 0.557. The minimum Gasteiger partial charge on any atom is -0.370 e. The maximum atomic E-state index is 12.6. The van der Waals surface area contributed by atoms with Gasteiger partial charge in [-0.25, -0.2) is 4.98 Å². The van der Waals surface area contributed by atoms with E-state index >= 15 is 0 Å². The summed E-state index contributed by atoms with van der Waals surface area (Å²) in [5, 5.41) is 5.82. The molecule has 4 fully saturated rings. The molecule has 1 spiro atoms. The monoisotopic (exact) mass is 503 g/mol. The van der Waals surface area contributed by atoms with Crippen molar-refractivity contribution in [2.24, 2.45) is 5.41 Å². The van der Waals surface area contributed by atoms with Gasteiger partial charge in [0, 0.05) is 66.8 Å². The number of likely N-dealkylation sites (tertiary alicyclic amines) is 1. The van der Waals surface area contributed by atoms with Crippen LogP contribution in [0, 0.1) is 12.3 Å². The Morgan fingerprint density at radius 2 is 1.78 bits per heavy atom. The first-order valence-electron chi connectivity index (χ1n) is 13.6. The molecule has 9 heteroatoms. The Balaban J connectivity index is 1.15. The van der Waals surface area contributed by atoms with E-state index in [1.54, 1.807) is 6.20 Å². The number of benzene rings is 1. The highest BCUT2D eigenvalue weighted by Gasteiger charge is 2.52. The fourth-order valence-corrected chi connectivity index (χ4v) is 6.49. The average molecular weight is 504 g/mol. The summed E-state index contributed by atoms with van der Waals surface area (Å²) in [5.74, 6) is 0.780. The first-order chi connectivity index (χ1) is 17.8. The van der Waals surface area contributed by atoms with Crippen LogP contribution in [0.4, 0.5) is 23.1 Å². The average Bonchev–Trinajstić information content (AvgIpc) is 3.45. The van der Waals surface area contributed by atoms with Crippen LogP contribution in [0.2, 0.25) is 0 Å². The van der Waals surface area contributed by atoms with Crippen LogP contribution in [0.5, 0.6) is 0 Å². The van der Waals surface area contributed by atoms with Crippen molar-refractivity contribution in [2.75, 3.05) is 41.3 Å². The first kappa shape index (κ1) is 24.2. The molecule has 4 heterocycles. The molecule has 6 rings (SSSR count). The Morgan fingerprint density at radius 3 is 2.41 bits per heavy atom. The van der Waals surface area contributed by atoms with Gasteiger partial charge in [0.15, 0.2) is 0 Å². The van der Waals surface area contributed by atoms with Gasteiger partial charge in [-0.3, -0.25) is 19.8 Å². The van der Waals surface area contributed by atoms with Crippen LogP contribution in [-0.4, -0.2) is 71.0 Å². The highest BCUT2D eigenvalue weighted by atomic mass is 16.2. The van der Waals surface area contributed by atoms with Crippen LogP contribution < -0.4 is 20.4 Å². The molecule has 196 valence electrons. The molecule has 2 N–H and O–H groups in total. The maximum absolute atomic E-state index is 12.6. The molecule has 1 aromatic heterocycles. The third kappa shape index (κ3) is 4.54. The minimum absolute atomic E-state index is 0.177. The molecular formula is C28H37N7O2. The first-order valence-corrected chi connectivity index (χ1v) is 13.6. The fraction of sp³-hybridized carbons (Fsp3) is 0.571. The van der Waals surface area contributed by atoms with Gasteiger partial charge in [-0.1, -0.05) is 12.8 Å². The zero-order valence-electron chi connectivity index (χ0n) is 22.0. The number of nitrogens with zero attached hydrogens (tertiary/aromatic N) is 5. The number of hydrogen-bond donors (Lipinski definition) is 2. The molecule has 2 amide bonds. The van der Waals surface area contributed by atoms with Gasteiger partial charge in [-0.2, -0.15) is 4.98 Å². The number of anilines is 4. The smallest absolute Gasteiger partial charge is 0.249 e. The van der Waals surface area contributed by atoms with Gasteiger partial charge in [-0.15, -0.1) is 0 Å². The van der Waals surface area contributed by atoms with Crippen molar-refractivity contribution in [2.45, 2.75) is 71.0 Å². The summed E-state index contributed by atoms with van der Waals surface area (Å²) in [5.41, 5.74) is 3.55. The van der Waals surface area contributed by atoms with E-state index in [9.17, 15) is 9.59 Å². The van der Waals surface area contributed by atoms with Crippen LogP contribution in [0.15, 0.2) is 30.5 Å². The summed E-state index contributed by atoms with van der Waals surface area (Å²) in [6.45, 7) is 11.2. The third-order valence-corrected chi connectivity index (χ3v) is 8.54. The summed E-state index contributed by atoms with van der Waals surface area (Å²) >= 11 is 0. The lowest BCUT2D eigenvalue weighted by Crippen LogP contribution is -2.73. The predicted molar refractivity (Wildman–Crippen MR) is 144 cm³/mol. The molecule has 1 atom stereocenters. The molecule has 3 aliphatic heterocycles. The van der Waals surface area contributed by atoms with Gasteiger partial charge >= 0.3 is 0 Å². The summed E-state index contributed by atoms with van der Waals surface area (Å²) in [6.07, 6.45) is 6.22. The maximum Gasteiger partial charge on any atom is 0.249 e. The van der Waals surface area contributed by atoms with Gasteiger partial charge in [-0.05, 0) is 57.9 Å². The molecule has 0 radical (unpaired) electrons. The predicted octanol–water partition coefficient (Wildman–Crippen LogP) is 3.22. The van der Waals surface area contributed by atoms with E-state index < -0.39 is 6.04 Å². The second-order valence-corrected chi connectivity index (χ2v) is 11.7. The Labute approximate surface area is 218 Å². The number of aryl methyl sites for hydroxylation is 1. The number of nitrogens with one attached hydrogen (secondary N) is 2. The van der Waals surface area contributed by atoms with Gasteiger partial charge in [0.1, 0.15) is 11.9 Å². The molecule has 9 nitrogen and oxygen atoms in total. The number of carbonyl (C=O) groups excluding carboxylic acids is 2. The molecule has 1 aromatic carbocycles. The number of aromatic nitrogens is 2. The minimum atomic E-state index is -0.514. The van der Waals surface area contributed by atoms with E-state index in [2.05, 4.69) is 68.4 Å². The van der Waals surface area contributed by atoms with E-state index in [-0.39, 0.29) is 24.3 Å². The molecule has 4 aliphatic rings. The van der Waals surface area contributed by atoms with Crippen LogP contribution in [-0.2, 0) is 9.59 Å². The number of rotatable bonds is 7. The molecule has 1 unspecified atom stereocenters. The number of hydrogen-bond acceptors (Lipinski definition) is 8. The second-order valence-electron chi connectivity index (χ2n) is 11.7. The number of imide groups is 1. The summed E-state index contributed by atoms with van der Waals surface area (Å²) in [6, 6.07) is 8.78. The van der Waals surface area contributed by atoms with Gasteiger partial charge in [0.2, 0.25) is 17.8 Å². The second kappa shape index (κ2) is 9.28. The van der Waals surface area contributed by atoms with Gasteiger partial charge in [0.25, 0.3) is 0 Å². The summed E-state index contributed by atoms with van der Waals surface area (Å²) in [7, 11) is 0. The topological polar surface area (TPSA) is 93.7 Å². The number of carbonyl (C=O) groups is 2. The fourth-order valence-electron chi connectivity index (χ4n) is 6.49. The van der Waals surface area contributed by atoms with E-state index in [0.717, 1.165) is 55.8 Å². The standard InChI is InChI=1S/C28H37N7O2/c1-18(2)33-14-28(15-33)16-34(17-28)21-10-8-20(9-11-21)30-27-29-13-19(3)25(32-27)35(22-6-4-5-7-22)23-12-24(36)31-26(23)37/h8-11,13,18,22-23H,4-7,12,14-17H2,1-3H3,(H,29,30,32)(H,31,36,37). The van der Waals surface area contributed by atoms with Crippen molar-refractivity contribution < 1.29 is 9.59 Å². The van der Waals surface area contributed by atoms with Crippen molar-refractivity contribution >= 4 is 35.0 Å². The highest BCUT2D eigenvalue weighted by Crippen LogP contribution is 2.42. The zero-order chi connectivity index (χ0) is 25.7. The van der Waals surface area contributed by atoms with E-state index in [0.29, 0.717) is 17.4 Å². The molecule has 0 bridgehead atoms. The Hall–Kier alpha value is -3.20. The van der Waals surface area contributed by atoms with E-state index in [4.69, 9.17) is 4.98 Å². The van der Waals surface area contributed by atoms with Gasteiger partial charge in [0.05, 0.1) is 6.42 Å². The number of amides is 2. The molecule has 2 aromatic rings. The van der Waals surface area contributed by atoms with Crippen molar-refractivity contribution in [3.63, 3.8) is 0 Å². The Morgan fingerprint density at radius 1 is 1.08 bits per heavy atom. The molecule has 1 aliphatic carbocycles. The molecular weight excluding hydrogens is 466 g/mol. The van der Waals surface area contributed by atoms with Crippen LogP contribution in [0.1, 0.15) is 51.5 Å². The molecule has 3 saturated heterocycles. The zero-order valence-corrected chi connectivity index (χ0v) is 22.0. The lowest BCUT2D eigenvalue weighted by atomic mass is 9.72.